The van der Waals surface area contributed by atoms with Gasteiger partial charge < -0.3 is 35.0 Å². The third kappa shape index (κ3) is 3.04. The van der Waals surface area contributed by atoms with Crippen LogP contribution in [0.2, 0.25) is 0 Å². The van der Waals surface area contributed by atoms with Crippen LogP contribution in [0.3, 0.4) is 0 Å². The molecule has 0 aromatic heterocycles. The maximum Gasteiger partial charge on any atom is 0.338 e. The lowest BCUT2D eigenvalue weighted by Crippen LogP contribution is -2.81. The van der Waals surface area contributed by atoms with Crippen LogP contribution >= 0.6 is 0 Å². The Balaban J connectivity index is 1.78. The van der Waals surface area contributed by atoms with Gasteiger partial charge in [-0.15, -0.1) is 0 Å². The number of aliphatic hydroxyl groups excluding tert-OH is 3. The summed E-state index contributed by atoms with van der Waals surface area (Å²) in [4.78, 5) is 27.4. The van der Waals surface area contributed by atoms with Gasteiger partial charge in [0.15, 0.2) is 5.78 Å². The number of hydrogen-bond acceptors (Lipinski definition) is 9. The van der Waals surface area contributed by atoms with Gasteiger partial charge in [0.25, 0.3) is 0 Å². The molecular formula is C27H34O9. The quantitative estimate of drug-likeness (QED) is 0.287. The van der Waals surface area contributed by atoms with Gasteiger partial charge in [-0.25, -0.2) is 4.79 Å². The molecule has 9 nitrogen and oxygen atoms in total. The van der Waals surface area contributed by atoms with Crippen LogP contribution in [0.4, 0.5) is 0 Å². The molecule has 1 aromatic rings. The normalized spacial score (nSPS) is 45.5. The summed E-state index contributed by atoms with van der Waals surface area (Å²) in [5, 5.41) is 57.9. The largest absolute Gasteiger partial charge is 0.455 e. The summed E-state index contributed by atoms with van der Waals surface area (Å²) in [7, 11) is 0. The molecule has 1 heterocycles. The third-order valence-corrected chi connectivity index (χ3v) is 9.64. The van der Waals surface area contributed by atoms with Gasteiger partial charge in [0.05, 0.1) is 35.9 Å². The Labute approximate surface area is 209 Å². The highest BCUT2D eigenvalue weighted by atomic mass is 16.6. The Morgan fingerprint density at radius 3 is 2.31 bits per heavy atom. The molecule has 7 unspecified atom stereocenters. The molecule has 2 bridgehead atoms. The number of esters is 1. The summed E-state index contributed by atoms with van der Waals surface area (Å²) in [6.07, 6.45) is -7.08. The maximum atomic E-state index is 14.0. The first-order valence-electron chi connectivity index (χ1n) is 12.3. The van der Waals surface area contributed by atoms with E-state index < -0.39 is 70.2 Å². The minimum Gasteiger partial charge on any atom is -0.455 e. The molecule has 4 aliphatic rings. The van der Waals surface area contributed by atoms with Crippen molar-refractivity contribution in [2.45, 2.75) is 82.3 Å². The number of aliphatic hydroxyl groups is 5. The van der Waals surface area contributed by atoms with E-state index in [1.807, 2.05) is 0 Å². The highest BCUT2D eigenvalue weighted by molar-refractivity contribution is 5.94. The van der Waals surface area contributed by atoms with Crippen molar-refractivity contribution in [2.24, 2.45) is 16.7 Å². The second kappa shape index (κ2) is 7.93. The standard InChI is InChI=1S/C27H34O9/c1-13-15(28)11-27(34)22(36-23(32)14-8-6-5-7-9-14)20-25(4,16(29)10-17-26(20,33)12-35-17)21(31)19(30)18(13)24(27,2)3/h5-9,15-17,19-20,22,28-30,33-34H,10-12H2,1-4H3/t15?,16?,17?,19?,20?,22?,25-,26+,27?/m1/s1. The summed E-state index contributed by atoms with van der Waals surface area (Å²) in [5.41, 5.74) is -6.24. The van der Waals surface area contributed by atoms with Crippen molar-refractivity contribution in [1.29, 1.82) is 0 Å². The molecule has 36 heavy (non-hydrogen) atoms. The lowest BCUT2D eigenvalue weighted by Gasteiger charge is -2.66. The van der Waals surface area contributed by atoms with Crippen LogP contribution in [0.1, 0.15) is 50.9 Å². The van der Waals surface area contributed by atoms with Crippen LogP contribution in [-0.2, 0) is 14.3 Å². The molecule has 3 fully saturated rings. The average molecular weight is 503 g/mol. The SMILES string of the molecule is CC1=C2C(O)C(=O)[C@]3(C)C(O)CC4OC[C@@]4(O)C3C(OC(=O)c3ccccc3)C(O)(CC1O)C2(C)C. The molecule has 1 saturated heterocycles. The fraction of sp³-hybridized carbons (Fsp3) is 0.630. The molecule has 1 aliphatic heterocycles. The number of rotatable bonds is 2. The molecule has 0 spiro atoms. The number of ether oxygens (including phenoxy) is 2. The minimum atomic E-state index is -2.02. The van der Waals surface area contributed by atoms with Gasteiger partial charge in [-0.1, -0.05) is 32.0 Å². The van der Waals surface area contributed by atoms with Crippen molar-refractivity contribution in [2.75, 3.05) is 6.61 Å². The molecule has 9 heteroatoms. The van der Waals surface area contributed by atoms with Gasteiger partial charge in [-0.05, 0) is 37.1 Å². The first-order chi connectivity index (χ1) is 16.7. The van der Waals surface area contributed by atoms with Crippen LogP contribution in [0.15, 0.2) is 41.5 Å². The Morgan fingerprint density at radius 1 is 1.08 bits per heavy atom. The van der Waals surface area contributed by atoms with Crippen molar-refractivity contribution in [3.8, 4) is 0 Å². The van der Waals surface area contributed by atoms with Crippen LogP contribution in [0.5, 0.6) is 0 Å². The predicted molar refractivity (Wildman–Crippen MR) is 126 cm³/mol. The highest BCUT2D eigenvalue weighted by Gasteiger charge is 2.76. The average Bonchev–Trinajstić information content (AvgIpc) is 2.83. The van der Waals surface area contributed by atoms with E-state index in [0.29, 0.717) is 5.57 Å². The van der Waals surface area contributed by atoms with E-state index in [0.717, 1.165) is 0 Å². The van der Waals surface area contributed by atoms with Gasteiger partial charge in [-0.2, -0.15) is 0 Å². The topological polar surface area (TPSA) is 154 Å². The second-order valence-corrected chi connectivity index (χ2v) is 11.6. The lowest BCUT2D eigenvalue weighted by atomic mass is 9.45. The molecule has 3 aliphatic carbocycles. The Kier molecular flexibility index (Phi) is 5.62. The van der Waals surface area contributed by atoms with Crippen molar-refractivity contribution in [1.82, 2.24) is 0 Å². The molecule has 0 radical (unpaired) electrons. The summed E-state index contributed by atoms with van der Waals surface area (Å²) >= 11 is 0. The van der Waals surface area contributed by atoms with Crippen LogP contribution in [0, 0.1) is 16.7 Å². The lowest BCUT2D eigenvalue weighted by molar-refractivity contribution is -0.343. The van der Waals surface area contributed by atoms with Gasteiger partial charge in [0, 0.05) is 24.2 Å². The smallest absolute Gasteiger partial charge is 0.338 e. The third-order valence-electron chi connectivity index (χ3n) is 9.64. The van der Waals surface area contributed by atoms with Crippen molar-refractivity contribution < 1.29 is 44.6 Å². The van der Waals surface area contributed by atoms with E-state index >= 15 is 0 Å². The zero-order valence-corrected chi connectivity index (χ0v) is 20.8. The number of carbonyl (C=O) groups is 2. The van der Waals surface area contributed by atoms with Crippen molar-refractivity contribution in [3.63, 3.8) is 0 Å². The predicted octanol–water partition coefficient (Wildman–Crippen LogP) is 0.511. The van der Waals surface area contributed by atoms with E-state index in [2.05, 4.69) is 0 Å². The number of carbonyl (C=O) groups excluding carboxylic acids is 2. The van der Waals surface area contributed by atoms with E-state index in [1.54, 1.807) is 51.1 Å². The van der Waals surface area contributed by atoms with Crippen LogP contribution in [0.25, 0.3) is 0 Å². The zero-order valence-electron chi connectivity index (χ0n) is 20.8. The van der Waals surface area contributed by atoms with Gasteiger partial charge in [0.2, 0.25) is 0 Å². The molecule has 2 saturated carbocycles. The summed E-state index contributed by atoms with van der Waals surface area (Å²) < 4.78 is 11.6. The summed E-state index contributed by atoms with van der Waals surface area (Å²) in [6.45, 7) is 6.07. The van der Waals surface area contributed by atoms with Gasteiger partial charge in [-0.3, -0.25) is 4.79 Å². The fourth-order valence-corrected chi connectivity index (χ4v) is 7.26. The highest BCUT2D eigenvalue weighted by Crippen LogP contribution is 2.62. The van der Waals surface area contributed by atoms with E-state index in [9.17, 15) is 35.1 Å². The molecular weight excluding hydrogens is 468 g/mol. The number of fused-ring (bicyclic) bond motifs is 5. The van der Waals surface area contributed by atoms with Crippen LogP contribution < -0.4 is 0 Å². The Hall–Kier alpha value is -2.14. The number of ketones is 1. The monoisotopic (exact) mass is 502 g/mol. The minimum absolute atomic E-state index is 0.0657. The first-order valence-corrected chi connectivity index (χ1v) is 12.3. The number of benzene rings is 1. The number of hydrogen-bond donors (Lipinski definition) is 5. The van der Waals surface area contributed by atoms with Crippen LogP contribution in [-0.4, -0.2) is 85.6 Å². The van der Waals surface area contributed by atoms with E-state index in [4.69, 9.17) is 9.47 Å². The Bertz CT molecular complexity index is 1130. The maximum absolute atomic E-state index is 14.0. The molecule has 0 amide bonds. The van der Waals surface area contributed by atoms with Crippen molar-refractivity contribution >= 4 is 11.8 Å². The zero-order chi connectivity index (χ0) is 26.4. The molecule has 5 rings (SSSR count). The van der Waals surface area contributed by atoms with Gasteiger partial charge >= 0.3 is 5.97 Å². The second-order valence-electron chi connectivity index (χ2n) is 11.6. The molecule has 9 atom stereocenters. The van der Waals surface area contributed by atoms with E-state index in [1.165, 1.54) is 6.92 Å². The number of Topliss-reactive ketones (excluding diaryl/α,β-unsaturated/α-hetero) is 1. The molecule has 196 valence electrons. The Morgan fingerprint density at radius 2 is 1.72 bits per heavy atom. The molecule has 5 N–H and O–H groups in total. The summed E-state index contributed by atoms with van der Waals surface area (Å²) in [6, 6.07) is 8.12. The first kappa shape index (κ1) is 25.5. The van der Waals surface area contributed by atoms with Gasteiger partial charge in [0.1, 0.15) is 23.4 Å². The van der Waals surface area contributed by atoms with Crippen molar-refractivity contribution in [3.05, 3.63) is 47.0 Å². The molecule has 1 aromatic carbocycles. The van der Waals surface area contributed by atoms with E-state index in [-0.39, 0.29) is 30.6 Å². The summed E-state index contributed by atoms with van der Waals surface area (Å²) in [5.74, 6) is -2.89. The fourth-order valence-electron chi connectivity index (χ4n) is 7.26.